The van der Waals surface area contributed by atoms with Gasteiger partial charge in [-0.3, -0.25) is 4.79 Å². The highest BCUT2D eigenvalue weighted by atomic mass is 16.5. The number of aromatic nitrogens is 1. The number of piperazine rings is 1. The number of hydrogen-bond acceptors (Lipinski definition) is 5. The first-order chi connectivity index (χ1) is 14.4. The van der Waals surface area contributed by atoms with Crippen LogP contribution in [0.1, 0.15) is 27.0 Å². The van der Waals surface area contributed by atoms with Crippen molar-refractivity contribution in [2.24, 2.45) is 0 Å². The molecule has 1 aromatic heterocycles. The smallest absolute Gasteiger partial charge is 0.343 e. The first kappa shape index (κ1) is 19.7. The number of nitrogens with zero attached hydrogens (tertiary/aromatic N) is 3. The molecule has 0 bridgehead atoms. The summed E-state index contributed by atoms with van der Waals surface area (Å²) in [5.41, 5.74) is 4.04. The van der Waals surface area contributed by atoms with Crippen molar-refractivity contribution < 1.29 is 19.2 Å². The molecular formula is C23H23N3O4. The van der Waals surface area contributed by atoms with Gasteiger partial charge in [0.1, 0.15) is 0 Å². The monoisotopic (exact) mass is 405 g/mol. The zero-order chi connectivity index (χ0) is 21.3. The molecule has 1 aliphatic rings. The predicted molar refractivity (Wildman–Crippen MR) is 112 cm³/mol. The molecule has 1 aliphatic heterocycles. The van der Waals surface area contributed by atoms with E-state index in [1.54, 1.807) is 34.1 Å². The summed E-state index contributed by atoms with van der Waals surface area (Å²) in [5, 5.41) is 13.8. The Balaban J connectivity index is 1.54. The molecule has 1 saturated heterocycles. The van der Waals surface area contributed by atoms with Crippen molar-refractivity contribution in [3.63, 3.8) is 0 Å². The van der Waals surface area contributed by atoms with Gasteiger partial charge in [0, 0.05) is 25.2 Å². The third-order valence-corrected chi connectivity index (χ3v) is 5.20. The van der Waals surface area contributed by atoms with E-state index in [1.807, 2.05) is 19.9 Å². The molecule has 7 heteroatoms. The number of amides is 1. The van der Waals surface area contributed by atoms with Crippen LogP contribution in [0.25, 0.3) is 11.3 Å². The molecule has 0 aliphatic carbocycles. The van der Waals surface area contributed by atoms with Crippen LogP contribution >= 0.6 is 0 Å². The molecule has 2 heterocycles. The Bertz CT molecular complexity index is 1070. The van der Waals surface area contributed by atoms with Gasteiger partial charge in [-0.2, -0.15) is 0 Å². The molecule has 1 N–H and O–H groups in total. The fraction of sp³-hybridized carbons (Fsp3) is 0.261. The number of aromatic carboxylic acids is 1. The van der Waals surface area contributed by atoms with Crippen LogP contribution in [0.4, 0.5) is 5.82 Å². The van der Waals surface area contributed by atoms with Gasteiger partial charge in [-0.1, -0.05) is 64.8 Å². The fourth-order valence-corrected chi connectivity index (χ4v) is 3.91. The van der Waals surface area contributed by atoms with Crippen LogP contribution in [-0.4, -0.2) is 46.7 Å². The molecule has 1 fully saturated rings. The molecule has 0 unspecified atom stereocenters. The van der Waals surface area contributed by atoms with E-state index in [2.05, 4.69) is 23.4 Å². The average Bonchev–Trinajstić information content (AvgIpc) is 3.15. The number of hydrogen-bond donors (Lipinski definition) is 1. The molecule has 7 nitrogen and oxygen atoms in total. The fourth-order valence-electron chi connectivity index (χ4n) is 3.91. The molecule has 3 aromatic rings. The lowest BCUT2D eigenvalue weighted by molar-refractivity contribution is -0.131. The van der Waals surface area contributed by atoms with Crippen LogP contribution in [0, 0.1) is 13.8 Å². The zero-order valence-corrected chi connectivity index (χ0v) is 17.0. The van der Waals surface area contributed by atoms with Crippen LogP contribution in [-0.2, 0) is 11.3 Å². The van der Waals surface area contributed by atoms with Crippen molar-refractivity contribution in [3.05, 3.63) is 70.8 Å². The van der Waals surface area contributed by atoms with E-state index in [1.165, 1.54) is 11.1 Å². The number of carboxylic acid groups (broad SMARTS) is 1. The van der Waals surface area contributed by atoms with Gasteiger partial charge in [0.05, 0.1) is 6.54 Å². The quantitative estimate of drug-likeness (QED) is 0.699. The summed E-state index contributed by atoms with van der Waals surface area (Å²) in [4.78, 5) is 28.2. The summed E-state index contributed by atoms with van der Waals surface area (Å²) in [7, 11) is 0. The summed E-state index contributed by atoms with van der Waals surface area (Å²) in [6.45, 7) is 5.65. The Morgan fingerprint density at radius 1 is 1.10 bits per heavy atom. The Morgan fingerprint density at radius 2 is 1.80 bits per heavy atom. The first-order valence-corrected chi connectivity index (χ1v) is 9.80. The van der Waals surface area contributed by atoms with Crippen LogP contribution in [0.3, 0.4) is 0 Å². The van der Waals surface area contributed by atoms with Crippen LogP contribution in [0.5, 0.6) is 0 Å². The molecule has 0 saturated carbocycles. The van der Waals surface area contributed by atoms with Crippen molar-refractivity contribution in [2.75, 3.05) is 24.5 Å². The van der Waals surface area contributed by atoms with E-state index in [0.29, 0.717) is 25.2 Å². The van der Waals surface area contributed by atoms with Gasteiger partial charge in [-0.05, 0) is 19.4 Å². The van der Waals surface area contributed by atoms with Crippen molar-refractivity contribution in [2.45, 2.75) is 20.4 Å². The molecule has 0 atom stereocenters. The minimum atomic E-state index is -1.13. The first-order valence-electron chi connectivity index (χ1n) is 9.80. The number of benzene rings is 2. The second-order valence-corrected chi connectivity index (χ2v) is 7.61. The lowest BCUT2D eigenvalue weighted by atomic mass is 10.1. The minimum Gasteiger partial charge on any atom is -0.477 e. The van der Waals surface area contributed by atoms with Crippen molar-refractivity contribution in [1.29, 1.82) is 0 Å². The summed E-state index contributed by atoms with van der Waals surface area (Å²) in [5.74, 6) is -0.805. The molecule has 154 valence electrons. The Kier molecular flexibility index (Phi) is 5.27. The lowest BCUT2D eigenvalue weighted by Gasteiger charge is -2.34. The zero-order valence-electron chi connectivity index (χ0n) is 17.0. The topological polar surface area (TPSA) is 86.9 Å². The summed E-state index contributed by atoms with van der Waals surface area (Å²) < 4.78 is 5.38. The number of rotatable bonds is 5. The van der Waals surface area contributed by atoms with Crippen LogP contribution < -0.4 is 4.90 Å². The van der Waals surface area contributed by atoms with Gasteiger partial charge in [-0.25, -0.2) is 4.79 Å². The van der Waals surface area contributed by atoms with Gasteiger partial charge in [0.2, 0.25) is 5.91 Å². The normalized spacial score (nSPS) is 14.3. The van der Waals surface area contributed by atoms with E-state index >= 15 is 0 Å². The average molecular weight is 405 g/mol. The van der Waals surface area contributed by atoms with Gasteiger partial charge in [0.25, 0.3) is 0 Å². The molecule has 1 amide bonds. The second-order valence-electron chi connectivity index (χ2n) is 7.61. The minimum absolute atomic E-state index is 0.0169. The summed E-state index contributed by atoms with van der Waals surface area (Å²) in [6.07, 6.45) is 0. The number of carboxylic acids is 1. The summed E-state index contributed by atoms with van der Waals surface area (Å²) in [6, 6.07) is 15.3. The Labute approximate surface area is 174 Å². The summed E-state index contributed by atoms with van der Waals surface area (Å²) >= 11 is 0. The van der Waals surface area contributed by atoms with Gasteiger partial charge in [0.15, 0.2) is 17.1 Å². The van der Waals surface area contributed by atoms with E-state index in [-0.39, 0.29) is 29.6 Å². The highest BCUT2D eigenvalue weighted by Crippen LogP contribution is 2.32. The maximum atomic E-state index is 12.8. The largest absolute Gasteiger partial charge is 0.477 e. The SMILES string of the molecule is Cc1cc(C)cc(CN2CCN(c3noc(-c4ccccc4)c3C(=O)O)CC2=O)c1. The number of anilines is 1. The highest BCUT2D eigenvalue weighted by Gasteiger charge is 2.32. The number of carbonyl (C=O) groups excluding carboxylic acids is 1. The number of carbonyl (C=O) groups is 2. The number of aryl methyl sites for hydroxylation is 2. The molecule has 0 spiro atoms. The lowest BCUT2D eigenvalue weighted by Crippen LogP contribution is -2.50. The highest BCUT2D eigenvalue weighted by molar-refractivity contribution is 6.00. The maximum absolute atomic E-state index is 12.8. The van der Waals surface area contributed by atoms with E-state index in [9.17, 15) is 14.7 Å². The molecule has 0 radical (unpaired) electrons. The third-order valence-electron chi connectivity index (χ3n) is 5.20. The predicted octanol–water partition coefficient (Wildman–Crippen LogP) is 3.51. The van der Waals surface area contributed by atoms with Crippen molar-refractivity contribution in [3.8, 4) is 11.3 Å². The second kappa shape index (κ2) is 8.02. The molecule has 30 heavy (non-hydrogen) atoms. The molecule has 4 rings (SSSR count). The van der Waals surface area contributed by atoms with E-state index in [0.717, 1.165) is 5.56 Å². The van der Waals surface area contributed by atoms with Crippen molar-refractivity contribution in [1.82, 2.24) is 10.1 Å². The molecular weight excluding hydrogens is 382 g/mol. The van der Waals surface area contributed by atoms with Crippen LogP contribution in [0.2, 0.25) is 0 Å². The van der Waals surface area contributed by atoms with E-state index in [4.69, 9.17) is 4.52 Å². The third kappa shape index (κ3) is 3.91. The van der Waals surface area contributed by atoms with Crippen molar-refractivity contribution >= 4 is 17.7 Å². The molecule has 2 aromatic carbocycles. The van der Waals surface area contributed by atoms with Crippen LogP contribution in [0.15, 0.2) is 53.1 Å². The van der Waals surface area contributed by atoms with E-state index < -0.39 is 5.97 Å². The Hall–Kier alpha value is -3.61. The standard InChI is InChI=1S/C23H23N3O4/c1-15-10-16(2)12-17(11-15)13-25-8-9-26(14-19(25)27)22-20(23(28)29)21(30-24-22)18-6-4-3-5-7-18/h3-7,10-12H,8-9,13-14H2,1-2H3,(H,28,29). The van der Waals surface area contributed by atoms with Gasteiger partial charge >= 0.3 is 5.97 Å². The van der Waals surface area contributed by atoms with Gasteiger partial charge in [-0.15, -0.1) is 0 Å². The van der Waals surface area contributed by atoms with Gasteiger partial charge < -0.3 is 19.4 Å². The Morgan fingerprint density at radius 3 is 2.43 bits per heavy atom. The maximum Gasteiger partial charge on any atom is 0.343 e.